The molecule has 2 rings (SSSR count). The van der Waals surface area contributed by atoms with E-state index in [4.69, 9.17) is 10.5 Å². The Kier molecular flexibility index (Phi) is 5.35. The Morgan fingerprint density at radius 3 is 3.15 bits per heavy atom. The molecule has 1 aliphatic rings. The molecule has 0 saturated carbocycles. The van der Waals surface area contributed by atoms with E-state index in [1.54, 1.807) is 6.20 Å². The van der Waals surface area contributed by atoms with Gasteiger partial charge in [-0.1, -0.05) is 12.5 Å². The van der Waals surface area contributed by atoms with Crippen LogP contribution in [0.25, 0.3) is 0 Å². The molecule has 1 atom stereocenters. The van der Waals surface area contributed by atoms with Crippen LogP contribution in [0.3, 0.4) is 0 Å². The molecule has 1 aromatic heterocycles. The van der Waals surface area contributed by atoms with Crippen LogP contribution in [0.2, 0.25) is 0 Å². The van der Waals surface area contributed by atoms with Crippen molar-refractivity contribution in [2.45, 2.75) is 45.2 Å². The third-order valence-electron chi connectivity index (χ3n) is 3.76. The minimum absolute atomic E-state index is 0.108. The van der Waals surface area contributed by atoms with Crippen LogP contribution in [0, 0.1) is 0 Å². The first-order valence-electron chi connectivity index (χ1n) is 7.29. The monoisotopic (exact) mass is 277 g/mol. The van der Waals surface area contributed by atoms with Crippen molar-refractivity contribution in [1.82, 2.24) is 9.88 Å². The fraction of sp³-hybridized carbons (Fsp3) is 0.600. The van der Waals surface area contributed by atoms with Crippen molar-refractivity contribution in [3.05, 3.63) is 23.9 Å². The zero-order valence-corrected chi connectivity index (χ0v) is 12.0. The van der Waals surface area contributed by atoms with Gasteiger partial charge in [0.1, 0.15) is 5.82 Å². The number of nitrogen functional groups attached to an aromatic ring is 1. The van der Waals surface area contributed by atoms with Crippen molar-refractivity contribution in [2.75, 3.05) is 18.9 Å². The summed E-state index contributed by atoms with van der Waals surface area (Å²) in [5.74, 6) is 0.469. The number of ether oxygens (including phenoxy) is 1. The summed E-state index contributed by atoms with van der Waals surface area (Å²) >= 11 is 0. The lowest BCUT2D eigenvalue weighted by Gasteiger charge is -2.35. The van der Waals surface area contributed by atoms with Gasteiger partial charge >= 0.3 is 5.97 Å². The van der Waals surface area contributed by atoms with Crippen molar-refractivity contribution in [1.29, 1.82) is 0 Å². The Labute approximate surface area is 120 Å². The number of nitrogens with two attached hydrogens (primary N) is 1. The van der Waals surface area contributed by atoms with E-state index in [2.05, 4.69) is 9.88 Å². The molecule has 110 valence electrons. The number of pyridine rings is 1. The summed E-state index contributed by atoms with van der Waals surface area (Å²) in [5.41, 5.74) is 6.93. The molecule has 0 amide bonds. The molecule has 5 nitrogen and oxygen atoms in total. The van der Waals surface area contributed by atoms with Gasteiger partial charge in [-0.2, -0.15) is 0 Å². The normalized spacial score (nSPS) is 19.8. The molecule has 1 unspecified atom stereocenters. The summed E-state index contributed by atoms with van der Waals surface area (Å²) in [7, 11) is 0. The highest BCUT2D eigenvalue weighted by Gasteiger charge is 2.25. The molecule has 0 bridgehead atoms. The lowest BCUT2D eigenvalue weighted by molar-refractivity contribution is -0.145. The number of aromatic nitrogens is 1. The van der Waals surface area contributed by atoms with E-state index in [9.17, 15) is 4.79 Å². The van der Waals surface area contributed by atoms with Crippen molar-refractivity contribution in [3.63, 3.8) is 0 Å². The number of hydrogen-bond donors (Lipinski definition) is 1. The number of rotatable bonds is 5. The van der Waals surface area contributed by atoms with Gasteiger partial charge in [0.25, 0.3) is 0 Å². The molecule has 1 aliphatic heterocycles. The van der Waals surface area contributed by atoms with E-state index in [0.717, 1.165) is 25.1 Å². The minimum Gasteiger partial charge on any atom is -0.466 e. The van der Waals surface area contributed by atoms with Gasteiger partial charge < -0.3 is 10.5 Å². The molecule has 1 fully saturated rings. The third-order valence-corrected chi connectivity index (χ3v) is 3.76. The Bertz CT molecular complexity index is 450. The number of carbonyl (C=O) groups excluding carboxylic acids is 1. The topological polar surface area (TPSA) is 68.5 Å². The smallest absolute Gasteiger partial charge is 0.307 e. The fourth-order valence-corrected chi connectivity index (χ4v) is 2.71. The van der Waals surface area contributed by atoms with E-state index >= 15 is 0 Å². The Morgan fingerprint density at radius 2 is 2.40 bits per heavy atom. The second kappa shape index (κ2) is 7.24. The average Bonchev–Trinajstić information content (AvgIpc) is 2.44. The van der Waals surface area contributed by atoms with Gasteiger partial charge in [-0.3, -0.25) is 9.69 Å². The Morgan fingerprint density at radius 1 is 1.55 bits per heavy atom. The molecule has 1 aromatic rings. The Balaban J connectivity index is 2.00. The number of esters is 1. The SMILES string of the molecule is CCOC(=O)CC1CCCCN1Cc1cccnc1N. The number of carbonyl (C=O) groups is 1. The maximum Gasteiger partial charge on any atom is 0.307 e. The first kappa shape index (κ1) is 14.8. The molecule has 20 heavy (non-hydrogen) atoms. The van der Waals surface area contributed by atoms with Crippen LogP contribution in [0.1, 0.15) is 38.2 Å². The van der Waals surface area contributed by atoms with E-state index < -0.39 is 0 Å². The van der Waals surface area contributed by atoms with Gasteiger partial charge in [-0.25, -0.2) is 4.98 Å². The second-order valence-corrected chi connectivity index (χ2v) is 5.18. The summed E-state index contributed by atoms with van der Waals surface area (Å²) in [6.45, 7) is 4.04. The van der Waals surface area contributed by atoms with Crippen LogP contribution < -0.4 is 5.73 Å². The molecule has 2 heterocycles. The number of nitrogens with zero attached hydrogens (tertiary/aromatic N) is 2. The van der Waals surface area contributed by atoms with Crippen LogP contribution in [0.5, 0.6) is 0 Å². The van der Waals surface area contributed by atoms with E-state index in [0.29, 0.717) is 18.8 Å². The number of likely N-dealkylation sites (tertiary alicyclic amines) is 1. The van der Waals surface area contributed by atoms with Crippen LogP contribution >= 0.6 is 0 Å². The van der Waals surface area contributed by atoms with Crippen LogP contribution in [-0.4, -0.2) is 35.0 Å². The van der Waals surface area contributed by atoms with Crippen molar-refractivity contribution in [2.24, 2.45) is 0 Å². The lowest BCUT2D eigenvalue weighted by atomic mass is 9.98. The summed E-state index contributed by atoms with van der Waals surface area (Å²) in [5, 5.41) is 0. The van der Waals surface area contributed by atoms with Gasteiger partial charge in [0.05, 0.1) is 13.0 Å². The van der Waals surface area contributed by atoms with Crippen molar-refractivity contribution in [3.8, 4) is 0 Å². The second-order valence-electron chi connectivity index (χ2n) is 5.18. The molecule has 2 N–H and O–H groups in total. The third kappa shape index (κ3) is 3.93. The quantitative estimate of drug-likeness (QED) is 0.833. The summed E-state index contributed by atoms with van der Waals surface area (Å²) in [6, 6.07) is 4.15. The van der Waals surface area contributed by atoms with Crippen molar-refractivity contribution < 1.29 is 9.53 Å². The summed E-state index contributed by atoms with van der Waals surface area (Å²) in [4.78, 5) is 18.1. The van der Waals surface area contributed by atoms with Crippen molar-refractivity contribution >= 4 is 11.8 Å². The van der Waals surface area contributed by atoms with Gasteiger partial charge in [-0.05, 0) is 32.4 Å². The Hall–Kier alpha value is -1.62. The van der Waals surface area contributed by atoms with Crippen LogP contribution in [0.15, 0.2) is 18.3 Å². The van der Waals surface area contributed by atoms with Crippen LogP contribution in [0.4, 0.5) is 5.82 Å². The van der Waals surface area contributed by atoms with Gasteiger partial charge in [-0.15, -0.1) is 0 Å². The maximum absolute atomic E-state index is 11.7. The van der Waals surface area contributed by atoms with Crippen LogP contribution in [-0.2, 0) is 16.1 Å². The maximum atomic E-state index is 11.7. The highest BCUT2D eigenvalue weighted by molar-refractivity contribution is 5.70. The molecule has 0 aromatic carbocycles. The van der Waals surface area contributed by atoms with E-state index in [1.807, 2.05) is 19.1 Å². The highest BCUT2D eigenvalue weighted by atomic mass is 16.5. The zero-order valence-electron chi connectivity index (χ0n) is 12.0. The molecule has 0 aliphatic carbocycles. The largest absolute Gasteiger partial charge is 0.466 e. The zero-order chi connectivity index (χ0) is 14.4. The first-order chi connectivity index (χ1) is 9.70. The summed E-state index contributed by atoms with van der Waals surface area (Å²) < 4.78 is 5.06. The predicted octanol–water partition coefficient (Wildman–Crippen LogP) is 1.97. The van der Waals surface area contributed by atoms with E-state index in [-0.39, 0.29) is 12.0 Å². The summed E-state index contributed by atoms with van der Waals surface area (Å²) in [6.07, 6.45) is 5.54. The molecular weight excluding hydrogens is 254 g/mol. The molecular formula is C15H23N3O2. The number of anilines is 1. The van der Waals surface area contributed by atoms with E-state index in [1.165, 1.54) is 12.8 Å². The minimum atomic E-state index is -0.108. The highest BCUT2D eigenvalue weighted by Crippen LogP contribution is 2.23. The average molecular weight is 277 g/mol. The molecule has 5 heteroatoms. The molecule has 1 saturated heterocycles. The molecule has 0 spiro atoms. The lowest BCUT2D eigenvalue weighted by Crippen LogP contribution is -2.40. The predicted molar refractivity (Wildman–Crippen MR) is 77.9 cm³/mol. The number of piperidine rings is 1. The van der Waals surface area contributed by atoms with Gasteiger partial charge in [0.2, 0.25) is 0 Å². The standard InChI is InChI=1S/C15H23N3O2/c1-2-20-14(19)10-13-7-3-4-9-18(13)11-12-6-5-8-17-15(12)16/h5-6,8,13H,2-4,7,9-11H2,1H3,(H2,16,17). The first-order valence-corrected chi connectivity index (χ1v) is 7.29. The van der Waals surface area contributed by atoms with Gasteiger partial charge in [0, 0.05) is 24.3 Å². The number of hydrogen-bond acceptors (Lipinski definition) is 5. The molecule has 0 radical (unpaired) electrons. The fourth-order valence-electron chi connectivity index (χ4n) is 2.71. The van der Waals surface area contributed by atoms with Gasteiger partial charge in [0.15, 0.2) is 0 Å².